The lowest BCUT2D eigenvalue weighted by Gasteiger charge is -2.16. The minimum absolute atomic E-state index is 0.0911. The highest BCUT2D eigenvalue weighted by Crippen LogP contribution is 2.12. The Morgan fingerprint density at radius 2 is 1.48 bits per heavy atom. The van der Waals surface area contributed by atoms with E-state index >= 15 is 0 Å². The van der Waals surface area contributed by atoms with Gasteiger partial charge in [0.2, 0.25) is 11.8 Å². The SMILES string of the molecule is CN(CCC(=O)O)C(=O)CNC(=O)CCc1ccc(NC(=O)Nc2ccccc2)cc1. The zero-order chi connectivity index (χ0) is 22.6. The number of nitrogens with one attached hydrogen (secondary N) is 3. The maximum absolute atomic E-state index is 12.0. The molecule has 9 nitrogen and oxygen atoms in total. The summed E-state index contributed by atoms with van der Waals surface area (Å²) in [5.41, 5.74) is 2.22. The second kappa shape index (κ2) is 12.0. The molecule has 2 rings (SSSR count). The van der Waals surface area contributed by atoms with Crippen LogP contribution in [0.15, 0.2) is 54.6 Å². The highest BCUT2D eigenvalue weighted by molar-refractivity contribution is 5.99. The van der Waals surface area contributed by atoms with Gasteiger partial charge in [-0.2, -0.15) is 0 Å². The van der Waals surface area contributed by atoms with E-state index in [0.717, 1.165) is 5.56 Å². The maximum Gasteiger partial charge on any atom is 0.323 e. The fraction of sp³-hybridized carbons (Fsp3) is 0.273. The van der Waals surface area contributed by atoms with E-state index < -0.39 is 5.97 Å². The van der Waals surface area contributed by atoms with E-state index in [1.807, 2.05) is 30.3 Å². The topological polar surface area (TPSA) is 128 Å². The lowest BCUT2D eigenvalue weighted by molar-refractivity contribution is -0.138. The Balaban J connectivity index is 1.70. The van der Waals surface area contributed by atoms with Gasteiger partial charge in [-0.1, -0.05) is 30.3 Å². The molecule has 0 heterocycles. The number of para-hydroxylation sites is 1. The third-order valence-corrected chi connectivity index (χ3v) is 4.41. The molecule has 4 N–H and O–H groups in total. The first kappa shape index (κ1) is 23.4. The van der Waals surface area contributed by atoms with Crippen molar-refractivity contribution in [1.29, 1.82) is 0 Å². The third-order valence-electron chi connectivity index (χ3n) is 4.41. The summed E-state index contributed by atoms with van der Waals surface area (Å²) in [6, 6.07) is 15.9. The summed E-state index contributed by atoms with van der Waals surface area (Å²) in [7, 11) is 1.49. The predicted molar refractivity (Wildman–Crippen MR) is 117 cm³/mol. The van der Waals surface area contributed by atoms with Crippen molar-refractivity contribution in [3.8, 4) is 0 Å². The monoisotopic (exact) mass is 426 g/mol. The Kier molecular flexibility index (Phi) is 9.03. The summed E-state index contributed by atoms with van der Waals surface area (Å²) in [6.07, 6.45) is 0.535. The molecular weight excluding hydrogens is 400 g/mol. The normalized spacial score (nSPS) is 10.1. The first-order valence-corrected chi connectivity index (χ1v) is 9.78. The maximum atomic E-state index is 12.0. The molecule has 0 spiro atoms. The lowest BCUT2D eigenvalue weighted by Crippen LogP contribution is -2.39. The molecule has 2 aromatic rings. The molecule has 0 radical (unpaired) electrons. The second-order valence-electron chi connectivity index (χ2n) is 6.88. The van der Waals surface area contributed by atoms with Gasteiger partial charge in [-0.05, 0) is 36.2 Å². The number of carboxylic acids is 1. The number of amides is 4. The Labute approximate surface area is 180 Å². The van der Waals surface area contributed by atoms with Gasteiger partial charge in [-0.15, -0.1) is 0 Å². The fourth-order valence-electron chi connectivity index (χ4n) is 2.61. The van der Waals surface area contributed by atoms with Gasteiger partial charge >= 0.3 is 12.0 Å². The van der Waals surface area contributed by atoms with Gasteiger partial charge in [0.05, 0.1) is 13.0 Å². The minimum Gasteiger partial charge on any atom is -0.481 e. The number of carbonyl (C=O) groups is 4. The zero-order valence-corrected chi connectivity index (χ0v) is 17.3. The van der Waals surface area contributed by atoms with E-state index in [1.54, 1.807) is 24.3 Å². The van der Waals surface area contributed by atoms with Crippen molar-refractivity contribution in [3.63, 3.8) is 0 Å². The molecule has 0 aliphatic heterocycles. The number of benzene rings is 2. The van der Waals surface area contributed by atoms with Gasteiger partial charge in [-0.3, -0.25) is 14.4 Å². The highest BCUT2D eigenvalue weighted by Gasteiger charge is 2.12. The van der Waals surface area contributed by atoms with E-state index in [-0.39, 0.29) is 43.8 Å². The Hall–Kier alpha value is -3.88. The number of carboxylic acid groups (broad SMARTS) is 1. The number of likely N-dealkylation sites (N-methyl/N-ethyl adjacent to an activating group) is 1. The van der Waals surface area contributed by atoms with Crippen LogP contribution in [-0.4, -0.2) is 54.0 Å². The number of rotatable bonds is 10. The molecule has 0 saturated carbocycles. The number of aliphatic carboxylic acids is 1. The first-order chi connectivity index (χ1) is 14.8. The molecule has 0 aliphatic rings. The molecule has 31 heavy (non-hydrogen) atoms. The number of hydrogen-bond donors (Lipinski definition) is 4. The van der Waals surface area contributed by atoms with Crippen molar-refractivity contribution in [3.05, 3.63) is 60.2 Å². The van der Waals surface area contributed by atoms with Crippen molar-refractivity contribution in [2.75, 3.05) is 30.8 Å². The Morgan fingerprint density at radius 1 is 0.871 bits per heavy atom. The van der Waals surface area contributed by atoms with E-state index in [2.05, 4.69) is 16.0 Å². The zero-order valence-electron chi connectivity index (χ0n) is 17.3. The number of nitrogens with zero attached hydrogens (tertiary/aromatic N) is 1. The first-order valence-electron chi connectivity index (χ1n) is 9.78. The van der Waals surface area contributed by atoms with Crippen LogP contribution in [0.1, 0.15) is 18.4 Å². The standard InChI is InChI=1S/C22H26N4O5/c1-26(14-13-21(29)30)20(28)15-23-19(27)12-9-16-7-10-18(11-8-16)25-22(31)24-17-5-3-2-4-6-17/h2-8,10-11H,9,12-15H2,1H3,(H,23,27)(H,29,30)(H2,24,25,31). The molecule has 0 saturated heterocycles. The van der Waals surface area contributed by atoms with Crippen LogP contribution >= 0.6 is 0 Å². The summed E-state index contributed by atoms with van der Waals surface area (Å²) in [5, 5.41) is 16.6. The second-order valence-corrected chi connectivity index (χ2v) is 6.88. The quantitative estimate of drug-likeness (QED) is 0.464. The molecule has 0 fully saturated rings. The molecular formula is C22H26N4O5. The average molecular weight is 426 g/mol. The molecule has 0 aliphatic carbocycles. The molecule has 0 atom stereocenters. The van der Waals surface area contributed by atoms with Crippen LogP contribution in [0.4, 0.5) is 16.2 Å². The van der Waals surface area contributed by atoms with Crippen LogP contribution in [0.25, 0.3) is 0 Å². The van der Waals surface area contributed by atoms with Crippen LogP contribution in [0.2, 0.25) is 0 Å². The van der Waals surface area contributed by atoms with Gasteiger partial charge in [0.15, 0.2) is 0 Å². The third kappa shape index (κ3) is 8.99. The van der Waals surface area contributed by atoms with Gasteiger partial charge in [0.1, 0.15) is 0 Å². The van der Waals surface area contributed by atoms with Crippen LogP contribution < -0.4 is 16.0 Å². The molecule has 0 unspecified atom stereocenters. The fourth-order valence-corrected chi connectivity index (χ4v) is 2.61. The summed E-state index contributed by atoms with van der Waals surface area (Å²) in [4.78, 5) is 47.6. The van der Waals surface area contributed by atoms with E-state index in [4.69, 9.17) is 5.11 Å². The molecule has 0 aromatic heterocycles. The van der Waals surface area contributed by atoms with Gasteiger partial charge in [0.25, 0.3) is 0 Å². The Morgan fingerprint density at radius 3 is 2.10 bits per heavy atom. The number of aryl methyl sites for hydroxylation is 1. The minimum atomic E-state index is -0.985. The number of urea groups is 1. The lowest BCUT2D eigenvalue weighted by atomic mass is 10.1. The van der Waals surface area contributed by atoms with Crippen molar-refractivity contribution < 1.29 is 24.3 Å². The van der Waals surface area contributed by atoms with Crippen LogP contribution in [0.3, 0.4) is 0 Å². The largest absolute Gasteiger partial charge is 0.481 e. The van der Waals surface area contributed by atoms with Crippen LogP contribution in [-0.2, 0) is 20.8 Å². The highest BCUT2D eigenvalue weighted by atomic mass is 16.4. The van der Waals surface area contributed by atoms with Crippen molar-refractivity contribution in [1.82, 2.24) is 10.2 Å². The van der Waals surface area contributed by atoms with E-state index in [0.29, 0.717) is 17.8 Å². The summed E-state index contributed by atoms with van der Waals surface area (Å²) >= 11 is 0. The van der Waals surface area contributed by atoms with Crippen LogP contribution in [0, 0.1) is 0 Å². The number of carbonyl (C=O) groups excluding carboxylic acids is 3. The molecule has 2 aromatic carbocycles. The molecule has 0 bridgehead atoms. The van der Waals surface area contributed by atoms with Gasteiger partial charge < -0.3 is 26.0 Å². The predicted octanol–water partition coefficient (Wildman–Crippen LogP) is 2.31. The van der Waals surface area contributed by atoms with E-state index in [1.165, 1.54) is 11.9 Å². The summed E-state index contributed by atoms with van der Waals surface area (Å²) in [5.74, 6) is -1.61. The molecule has 164 valence electrons. The van der Waals surface area contributed by atoms with E-state index in [9.17, 15) is 19.2 Å². The summed E-state index contributed by atoms with van der Waals surface area (Å²) in [6.45, 7) is -0.0812. The smallest absolute Gasteiger partial charge is 0.323 e. The number of hydrogen-bond acceptors (Lipinski definition) is 4. The van der Waals surface area contributed by atoms with Crippen molar-refractivity contribution in [2.24, 2.45) is 0 Å². The van der Waals surface area contributed by atoms with Gasteiger partial charge in [-0.25, -0.2) is 4.79 Å². The summed E-state index contributed by atoms with van der Waals surface area (Å²) < 4.78 is 0. The molecule has 4 amide bonds. The van der Waals surface area contributed by atoms with Crippen molar-refractivity contribution >= 4 is 35.2 Å². The van der Waals surface area contributed by atoms with Crippen molar-refractivity contribution in [2.45, 2.75) is 19.3 Å². The average Bonchev–Trinajstić information content (AvgIpc) is 2.75. The van der Waals surface area contributed by atoms with Crippen LogP contribution in [0.5, 0.6) is 0 Å². The number of anilines is 2. The molecule has 9 heteroatoms. The Bertz CT molecular complexity index is 900. The van der Waals surface area contributed by atoms with Gasteiger partial charge in [0, 0.05) is 31.4 Å².